The first-order valence-corrected chi connectivity index (χ1v) is 13.5. The second kappa shape index (κ2) is 14.2. The number of aryl methyl sites for hydroxylation is 1. The van der Waals surface area contributed by atoms with Gasteiger partial charge in [0.05, 0.1) is 11.6 Å². The molecule has 1 saturated carbocycles. The van der Waals surface area contributed by atoms with E-state index in [-0.39, 0.29) is 5.82 Å². The van der Waals surface area contributed by atoms with E-state index >= 15 is 0 Å². The summed E-state index contributed by atoms with van der Waals surface area (Å²) in [4.78, 5) is 0. The van der Waals surface area contributed by atoms with Gasteiger partial charge < -0.3 is 0 Å². The van der Waals surface area contributed by atoms with Crippen LogP contribution in [0.3, 0.4) is 0 Å². The number of nitrogens with zero attached hydrogens (tertiary/aromatic N) is 1. The van der Waals surface area contributed by atoms with E-state index in [1.54, 1.807) is 18.2 Å². The number of nitriles is 1. The molecule has 2 aromatic carbocycles. The second-order valence-corrected chi connectivity index (χ2v) is 10.2. The highest BCUT2D eigenvalue weighted by atomic mass is 19.1. The lowest BCUT2D eigenvalue weighted by atomic mass is 9.77. The molecule has 0 bridgehead atoms. The van der Waals surface area contributed by atoms with Crippen molar-refractivity contribution in [2.75, 3.05) is 0 Å². The molecule has 0 unspecified atom stereocenters. The number of rotatable bonds is 13. The van der Waals surface area contributed by atoms with Crippen molar-refractivity contribution < 1.29 is 4.39 Å². The van der Waals surface area contributed by atoms with E-state index in [1.165, 1.54) is 89.9 Å². The van der Waals surface area contributed by atoms with Gasteiger partial charge in [0, 0.05) is 5.56 Å². The van der Waals surface area contributed by atoms with Gasteiger partial charge >= 0.3 is 0 Å². The van der Waals surface area contributed by atoms with Crippen LogP contribution < -0.4 is 0 Å². The minimum Gasteiger partial charge on any atom is -0.206 e. The fourth-order valence-corrected chi connectivity index (χ4v) is 5.42. The van der Waals surface area contributed by atoms with Crippen molar-refractivity contribution in [1.29, 1.82) is 5.26 Å². The molecular weight excluding hydrogens is 405 g/mol. The molecular formula is C31H42FN. The molecule has 0 atom stereocenters. The highest BCUT2D eigenvalue weighted by molar-refractivity contribution is 5.65. The molecule has 2 aromatic rings. The average molecular weight is 448 g/mol. The van der Waals surface area contributed by atoms with Gasteiger partial charge in [0.15, 0.2) is 0 Å². The first-order chi connectivity index (χ1) is 16.2. The molecule has 0 amide bonds. The predicted molar refractivity (Wildman–Crippen MR) is 138 cm³/mol. The molecule has 1 nitrogen and oxygen atoms in total. The fraction of sp³-hybridized carbons (Fsp3) is 0.581. The van der Waals surface area contributed by atoms with Crippen molar-refractivity contribution in [2.24, 2.45) is 11.8 Å². The molecule has 3 rings (SSSR count). The van der Waals surface area contributed by atoms with Crippen molar-refractivity contribution in [1.82, 2.24) is 0 Å². The van der Waals surface area contributed by atoms with E-state index < -0.39 is 0 Å². The van der Waals surface area contributed by atoms with Crippen LogP contribution in [0.15, 0.2) is 42.5 Å². The van der Waals surface area contributed by atoms with E-state index in [9.17, 15) is 4.39 Å². The summed E-state index contributed by atoms with van der Waals surface area (Å²) >= 11 is 0. The quantitative estimate of drug-likeness (QED) is 0.280. The molecule has 0 aliphatic heterocycles. The molecule has 1 fully saturated rings. The minimum absolute atomic E-state index is 0.161. The SMILES string of the molecule is CCCCCCCCCC[C@H]1CC[C@H](CCc2ccc(-c3ccc(C#N)cc3)c(F)c2)CC1. The van der Waals surface area contributed by atoms with E-state index in [0.29, 0.717) is 11.1 Å². The number of benzene rings is 2. The van der Waals surface area contributed by atoms with E-state index in [0.717, 1.165) is 29.4 Å². The third kappa shape index (κ3) is 8.62. The summed E-state index contributed by atoms with van der Waals surface area (Å²) in [5.74, 6) is 1.60. The number of hydrogen-bond acceptors (Lipinski definition) is 1. The van der Waals surface area contributed by atoms with Crippen LogP contribution in [0, 0.1) is 29.0 Å². The maximum absolute atomic E-state index is 14.7. The zero-order chi connectivity index (χ0) is 23.3. The molecule has 0 heterocycles. The summed E-state index contributed by atoms with van der Waals surface area (Å²) in [6.45, 7) is 2.28. The Morgan fingerprint density at radius 2 is 1.39 bits per heavy atom. The lowest BCUT2D eigenvalue weighted by Crippen LogP contribution is -2.15. The molecule has 1 aliphatic rings. The average Bonchev–Trinajstić information content (AvgIpc) is 2.85. The maximum atomic E-state index is 14.7. The summed E-state index contributed by atoms with van der Waals surface area (Å²) in [6, 6.07) is 14.9. The number of unbranched alkanes of at least 4 members (excludes halogenated alkanes) is 7. The van der Waals surface area contributed by atoms with Crippen molar-refractivity contribution in [3.8, 4) is 17.2 Å². The van der Waals surface area contributed by atoms with Crippen LogP contribution in [-0.2, 0) is 6.42 Å². The standard InChI is InChI=1S/C31H42FN/c1-2-3-4-5-6-7-8-9-10-25-11-13-26(14-12-25)15-16-27-19-22-30(31(32)23-27)29-20-17-28(24-33)18-21-29/h17-23,25-26H,2-16H2,1H3/t25-,26-. The van der Waals surface area contributed by atoms with Gasteiger partial charge in [-0.25, -0.2) is 4.39 Å². The molecule has 0 aromatic heterocycles. The molecule has 33 heavy (non-hydrogen) atoms. The lowest BCUT2D eigenvalue weighted by Gasteiger charge is -2.28. The Kier molecular flexibility index (Phi) is 11.0. The van der Waals surface area contributed by atoms with E-state index in [1.807, 2.05) is 18.2 Å². The molecule has 0 N–H and O–H groups in total. The monoisotopic (exact) mass is 447 g/mol. The van der Waals surface area contributed by atoms with Gasteiger partial charge in [0.2, 0.25) is 0 Å². The van der Waals surface area contributed by atoms with Crippen molar-refractivity contribution in [3.63, 3.8) is 0 Å². The highest BCUT2D eigenvalue weighted by Gasteiger charge is 2.20. The smallest absolute Gasteiger partial charge is 0.131 e. The van der Waals surface area contributed by atoms with Gasteiger partial charge in [0.25, 0.3) is 0 Å². The lowest BCUT2D eigenvalue weighted by molar-refractivity contribution is 0.248. The Morgan fingerprint density at radius 1 is 0.788 bits per heavy atom. The van der Waals surface area contributed by atoms with Gasteiger partial charge in [-0.1, -0.05) is 115 Å². The van der Waals surface area contributed by atoms with Gasteiger partial charge in [-0.15, -0.1) is 0 Å². The first-order valence-electron chi connectivity index (χ1n) is 13.5. The number of halogens is 1. The van der Waals surface area contributed by atoms with Gasteiger partial charge in [-0.2, -0.15) is 5.26 Å². The van der Waals surface area contributed by atoms with E-state index in [4.69, 9.17) is 5.26 Å². The summed E-state index contributed by atoms with van der Waals surface area (Å²) in [5.41, 5.74) is 3.15. The predicted octanol–water partition coefficient (Wildman–Crippen LogP) is 9.63. The Morgan fingerprint density at radius 3 is 2.00 bits per heavy atom. The third-order valence-electron chi connectivity index (χ3n) is 7.63. The largest absolute Gasteiger partial charge is 0.206 e. The van der Waals surface area contributed by atoms with Crippen LogP contribution in [0.1, 0.15) is 108 Å². The zero-order valence-corrected chi connectivity index (χ0v) is 20.6. The minimum atomic E-state index is -0.161. The second-order valence-electron chi connectivity index (χ2n) is 10.2. The van der Waals surface area contributed by atoms with Crippen LogP contribution in [0.2, 0.25) is 0 Å². The summed E-state index contributed by atoms with van der Waals surface area (Å²) in [6.07, 6.45) is 20.4. The van der Waals surface area contributed by atoms with Crippen molar-refractivity contribution >= 4 is 0 Å². The van der Waals surface area contributed by atoms with Crippen LogP contribution in [0.25, 0.3) is 11.1 Å². The maximum Gasteiger partial charge on any atom is 0.131 e. The topological polar surface area (TPSA) is 23.8 Å². The van der Waals surface area contributed by atoms with E-state index in [2.05, 4.69) is 19.1 Å². The van der Waals surface area contributed by atoms with Crippen LogP contribution in [-0.4, -0.2) is 0 Å². The molecule has 1 aliphatic carbocycles. The molecule has 0 spiro atoms. The summed E-state index contributed by atoms with van der Waals surface area (Å²) in [5, 5.41) is 8.94. The Bertz CT molecular complexity index is 855. The molecule has 0 saturated heterocycles. The third-order valence-corrected chi connectivity index (χ3v) is 7.63. The van der Waals surface area contributed by atoms with Crippen LogP contribution >= 0.6 is 0 Å². The summed E-state index contributed by atoms with van der Waals surface area (Å²) in [7, 11) is 0. The Balaban J connectivity index is 1.33. The fourth-order valence-electron chi connectivity index (χ4n) is 5.42. The van der Waals surface area contributed by atoms with Crippen LogP contribution in [0.5, 0.6) is 0 Å². The van der Waals surface area contributed by atoms with Crippen molar-refractivity contribution in [3.05, 3.63) is 59.4 Å². The zero-order valence-electron chi connectivity index (χ0n) is 20.6. The van der Waals surface area contributed by atoms with Gasteiger partial charge in [0.1, 0.15) is 5.82 Å². The molecule has 2 heteroatoms. The van der Waals surface area contributed by atoms with Crippen molar-refractivity contribution in [2.45, 2.75) is 103 Å². The van der Waals surface area contributed by atoms with Gasteiger partial charge in [-0.3, -0.25) is 0 Å². The first kappa shape index (κ1) is 25.5. The molecule has 0 radical (unpaired) electrons. The Hall–Kier alpha value is -2.14. The highest BCUT2D eigenvalue weighted by Crippen LogP contribution is 2.34. The molecule has 178 valence electrons. The summed E-state index contributed by atoms with van der Waals surface area (Å²) < 4.78 is 14.7. The number of hydrogen-bond donors (Lipinski definition) is 0. The van der Waals surface area contributed by atoms with Crippen LogP contribution in [0.4, 0.5) is 4.39 Å². The normalized spacial score (nSPS) is 18.2. The Labute approximate surface area is 201 Å². The van der Waals surface area contributed by atoms with Gasteiger partial charge in [-0.05, 0) is 54.0 Å².